The number of nitrogens with one attached hydrogen (secondary N) is 1. The molecule has 2 rings (SSSR count). The van der Waals surface area contributed by atoms with E-state index in [1.54, 1.807) is 12.3 Å². The van der Waals surface area contributed by atoms with Gasteiger partial charge in [0.25, 0.3) is 0 Å². The van der Waals surface area contributed by atoms with Crippen molar-refractivity contribution in [2.75, 3.05) is 36.1 Å². The SMILES string of the molecule is CCN(CC)c1ccc(NC(=O)C2CCCCN2S(C)(=O)=O)cn1. The molecule has 0 spiro atoms. The molecule has 1 amide bonds. The van der Waals surface area contributed by atoms with Gasteiger partial charge in [0.15, 0.2) is 0 Å². The number of anilines is 2. The molecule has 134 valence electrons. The molecule has 24 heavy (non-hydrogen) atoms. The van der Waals surface area contributed by atoms with Crippen molar-refractivity contribution in [3.8, 4) is 0 Å². The summed E-state index contributed by atoms with van der Waals surface area (Å²) in [5, 5.41) is 2.79. The van der Waals surface area contributed by atoms with Crippen LogP contribution in [-0.4, -0.2) is 55.5 Å². The molecule has 8 heteroatoms. The summed E-state index contributed by atoms with van der Waals surface area (Å²) in [4.78, 5) is 19.0. The van der Waals surface area contributed by atoms with E-state index in [-0.39, 0.29) is 5.91 Å². The van der Waals surface area contributed by atoms with Gasteiger partial charge in [0.2, 0.25) is 15.9 Å². The molecule has 0 saturated carbocycles. The quantitative estimate of drug-likeness (QED) is 0.840. The summed E-state index contributed by atoms with van der Waals surface area (Å²) in [6, 6.07) is 3.01. The highest BCUT2D eigenvalue weighted by molar-refractivity contribution is 7.88. The molecule has 1 N–H and O–H groups in total. The molecule has 1 atom stereocenters. The fraction of sp³-hybridized carbons (Fsp3) is 0.625. The van der Waals surface area contributed by atoms with Gasteiger partial charge in [0.1, 0.15) is 11.9 Å². The van der Waals surface area contributed by atoms with Crippen LogP contribution in [0.3, 0.4) is 0 Å². The second-order valence-corrected chi connectivity index (χ2v) is 7.89. The predicted octanol–water partition coefficient (Wildman–Crippen LogP) is 1.68. The number of amides is 1. The van der Waals surface area contributed by atoms with Crippen molar-refractivity contribution in [1.82, 2.24) is 9.29 Å². The molecular weight excluding hydrogens is 328 g/mol. The number of sulfonamides is 1. The van der Waals surface area contributed by atoms with E-state index in [0.717, 1.165) is 38.0 Å². The third kappa shape index (κ3) is 4.45. The number of carbonyl (C=O) groups excluding carboxylic acids is 1. The molecule has 0 aliphatic carbocycles. The highest BCUT2D eigenvalue weighted by Gasteiger charge is 2.34. The lowest BCUT2D eigenvalue weighted by atomic mass is 10.0. The van der Waals surface area contributed by atoms with Gasteiger partial charge in [0, 0.05) is 19.6 Å². The Kier molecular flexibility index (Phi) is 6.17. The number of carbonyl (C=O) groups is 1. The van der Waals surface area contributed by atoms with E-state index >= 15 is 0 Å². The van der Waals surface area contributed by atoms with Crippen molar-refractivity contribution in [3.05, 3.63) is 18.3 Å². The number of hydrogen-bond donors (Lipinski definition) is 1. The van der Waals surface area contributed by atoms with E-state index in [4.69, 9.17) is 0 Å². The standard InChI is InChI=1S/C16H26N4O3S/c1-4-19(5-2)15-10-9-13(12-17-15)18-16(21)14-8-6-7-11-20(14)24(3,22)23/h9-10,12,14H,4-8,11H2,1-3H3,(H,18,21). The Morgan fingerprint density at radius 2 is 2.04 bits per heavy atom. The zero-order chi connectivity index (χ0) is 17.7. The molecule has 1 aromatic rings. The summed E-state index contributed by atoms with van der Waals surface area (Å²) in [5.41, 5.74) is 0.579. The van der Waals surface area contributed by atoms with Crippen LogP contribution in [0.1, 0.15) is 33.1 Å². The van der Waals surface area contributed by atoms with Crippen LogP contribution in [0.5, 0.6) is 0 Å². The average molecular weight is 354 g/mol. The summed E-state index contributed by atoms with van der Waals surface area (Å²) >= 11 is 0. The topological polar surface area (TPSA) is 82.6 Å². The van der Waals surface area contributed by atoms with Crippen molar-refractivity contribution < 1.29 is 13.2 Å². The van der Waals surface area contributed by atoms with Gasteiger partial charge in [0.05, 0.1) is 18.1 Å². The second kappa shape index (κ2) is 7.94. The first-order valence-corrected chi connectivity index (χ1v) is 10.2. The Bertz CT molecular complexity index is 656. The normalized spacial score (nSPS) is 19.0. The minimum Gasteiger partial charge on any atom is -0.357 e. The Balaban J connectivity index is 2.08. The number of hydrogen-bond acceptors (Lipinski definition) is 5. The molecule has 1 unspecified atom stereocenters. The van der Waals surface area contributed by atoms with Gasteiger partial charge in [-0.1, -0.05) is 6.42 Å². The van der Waals surface area contributed by atoms with E-state index < -0.39 is 16.1 Å². The summed E-state index contributed by atoms with van der Waals surface area (Å²) in [6.45, 7) is 6.24. The third-order valence-corrected chi connectivity index (χ3v) is 5.57. The van der Waals surface area contributed by atoms with E-state index in [1.807, 2.05) is 6.07 Å². The van der Waals surface area contributed by atoms with E-state index in [9.17, 15) is 13.2 Å². The number of piperidine rings is 1. The lowest BCUT2D eigenvalue weighted by molar-refractivity contribution is -0.120. The van der Waals surface area contributed by atoms with E-state index in [2.05, 4.69) is 29.0 Å². The van der Waals surface area contributed by atoms with Gasteiger partial charge in [-0.15, -0.1) is 0 Å². The van der Waals surface area contributed by atoms with Crippen LogP contribution >= 0.6 is 0 Å². The first-order chi connectivity index (χ1) is 11.4. The summed E-state index contributed by atoms with van der Waals surface area (Å²) in [5.74, 6) is 0.561. The fourth-order valence-corrected chi connectivity index (χ4v) is 4.11. The molecule has 1 fully saturated rings. The molecule has 0 radical (unpaired) electrons. The van der Waals surface area contributed by atoms with Gasteiger partial charge in [-0.05, 0) is 38.8 Å². The molecule has 1 aliphatic heterocycles. The second-order valence-electron chi connectivity index (χ2n) is 5.95. The van der Waals surface area contributed by atoms with Gasteiger partial charge in [-0.2, -0.15) is 4.31 Å². The highest BCUT2D eigenvalue weighted by atomic mass is 32.2. The highest BCUT2D eigenvalue weighted by Crippen LogP contribution is 2.22. The molecule has 1 aromatic heterocycles. The molecule has 1 saturated heterocycles. The maximum atomic E-state index is 12.5. The number of nitrogens with zero attached hydrogens (tertiary/aromatic N) is 3. The van der Waals surface area contributed by atoms with Crippen LogP contribution in [0.2, 0.25) is 0 Å². The number of pyridine rings is 1. The molecular formula is C16H26N4O3S. The number of aromatic nitrogens is 1. The fourth-order valence-electron chi connectivity index (χ4n) is 2.98. The van der Waals surface area contributed by atoms with Crippen molar-refractivity contribution in [2.24, 2.45) is 0 Å². The minimum atomic E-state index is -3.39. The van der Waals surface area contributed by atoms with Crippen molar-refractivity contribution in [2.45, 2.75) is 39.2 Å². The van der Waals surface area contributed by atoms with Crippen LogP contribution in [-0.2, 0) is 14.8 Å². The molecule has 1 aliphatic rings. The third-order valence-electron chi connectivity index (χ3n) is 4.29. The van der Waals surface area contributed by atoms with Crippen LogP contribution in [0, 0.1) is 0 Å². The molecule has 7 nitrogen and oxygen atoms in total. The Labute approximate surface area is 144 Å². The summed E-state index contributed by atoms with van der Waals surface area (Å²) < 4.78 is 25.0. The predicted molar refractivity (Wildman–Crippen MR) is 95.6 cm³/mol. The van der Waals surface area contributed by atoms with Gasteiger partial charge >= 0.3 is 0 Å². The van der Waals surface area contributed by atoms with Crippen molar-refractivity contribution >= 4 is 27.4 Å². The average Bonchev–Trinajstić information content (AvgIpc) is 2.56. The van der Waals surface area contributed by atoms with Crippen LogP contribution in [0.25, 0.3) is 0 Å². The lowest BCUT2D eigenvalue weighted by Crippen LogP contribution is -2.49. The summed E-state index contributed by atoms with van der Waals surface area (Å²) in [6.07, 6.45) is 4.95. The lowest BCUT2D eigenvalue weighted by Gasteiger charge is -2.32. The monoisotopic (exact) mass is 354 g/mol. The molecule has 0 aromatic carbocycles. The maximum Gasteiger partial charge on any atom is 0.242 e. The molecule has 0 bridgehead atoms. The Hall–Kier alpha value is -1.67. The van der Waals surface area contributed by atoms with E-state index in [1.165, 1.54) is 4.31 Å². The van der Waals surface area contributed by atoms with Crippen LogP contribution < -0.4 is 10.2 Å². The zero-order valence-electron chi connectivity index (χ0n) is 14.5. The van der Waals surface area contributed by atoms with E-state index in [0.29, 0.717) is 18.7 Å². The maximum absolute atomic E-state index is 12.5. The van der Waals surface area contributed by atoms with Crippen molar-refractivity contribution in [1.29, 1.82) is 0 Å². The van der Waals surface area contributed by atoms with Gasteiger partial charge in [-0.25, -0.2) is 13.4 Å². The van der Waals surface area contributed by atoms with Crippen LogP contribution in [0.15, 0.2) is 18.3 Å². The Morgan fingerprint density at radius 3 is 2.58 bits per heavy atom. The van der Waals surface area contributed by atoms with Crippen LogP contribution in [0.4, 0.5) is 11.5 Å². The summed E-state index contributed by atoms with van der Waals surface area (Å²) in [7, 11) is -3.39. The molecule has 2 heterocycles. The number of rotatable bonds is 6. The van der Waals surface area contributed by atoms with Crippen molar-refractivity contribution in [3.63, 3.8) is 0 Å². The Morgan fingerprint density at radius 1 is 1.33 bits per heavy atom. The van der Waals surface area contributed by atoms with Gasteiger partial charge < -0.3 is 10.2 Å². The zero-order valence-corrected chi connectivity index (χ0v) is 15.3. The van der Waals surface area contributed by atoms with Gasteiger partial charge in [-0.3, -0.25) is 4.79 Å². The first kappa shape index (κ1) is 18.7. The largest absolute Gasteiger partial charge is 0.357 e. The first-order valence-electron chi connectivity index (χ1n) is 8.35. The smallest absolute Gasteiger partial charge is 0.242 e. The minimum absolute atomic E-state index is 0.294.